The predicted octanol–water partition coefficient (Wildman–Crippen LogP) is 2.24. The van der Waals surface area contributed by atoms with Crippen LogP contribution in [0.1, 0.15) is 36.5 Å². The lowest BCUT2D eigenvalue weighted by atomic mass is 10.2. The molecule has 1 heterocycles. The zero-order valence-corrected chi connectivity index (χ0v) is 10.0. The number of hydrogen-bond acceptors (Lipinski definition) is 3. The Labute approximate surface area is 100 Å². The van der Waals surface area contributed by atoms with Crippen LogP contribution in [0, 0.1) is 0 Å². The first-order valence-electron chi connectivity index (χ1n) is 5.34. The van der Waals surface area contributed by atoms with Gasteiger partial charge in [-0.3, -0.25) is 4.79 Å². The van der Waals surface area contributed by atoms with Crippen LogP contribution in [0.15, 0.2) is 12.3 Å². The Morgan fingerprint density at radius 1 is 1.56 bits per heavy atom. The maximum absolute atomic E-state index is 11.7. The van der Waals surface area contributed by atoms with Gasteiger partial charge < -0.3 is 11.1 Å². The Morgan fingerprint density at radius 3 is 3.00 bits per heavy atom. The summed E-state index contributed by atoms with van der Waals surface area (Å²) in [4.78, 5) is 15.5. The Hall–Kier alpha value is -1.29. The smallest absolute Gasteiger partial charge is 0.252 e. The number of pyridine rings is 1. The Kier molecular flexibility index (Phi) is 5.05. The minimum Gasteiger partial charge on any atom is -0.384 e. The summed E-state index contributed by atoms with van der Waals surface area (Å²) in [6, 6.07) is 1.48. The zero-order chi connectivity index (χ0) is 12.0. The number of carbonyl (C=O) groups excluding carboxylic acids is 1. The van der Waals surface area contributed by atoms with Gasteiger partial charge in [-0.25, -0.2) is 4.98 Å². The molecule has 0 aliphatic carbocycles. The summed E-state index contributed by atoms with van der Waals surface area (Å²) >= 11 is 5.85. The maximum Gasteiger partial charge on any atom is 0.252 e. The van der Waals surface area contributed by atoms with E-state index in [1.54, 1.807) is 0 Å². The van der Waals surface area contributed by atoms with E-state index in [2.05, 4.69) is 17.2 Å². The molecule has 88 valence electrons. The molecule has 0 fully saturated rings. The number of nitrogens with zero attached hydrogens (tertiary/aromatic N) is 1. The summed E-state index contributed by atoms with van der Waals surface area (Å²) in [6.45, 7) is 2.77. The molecule has 5 heteroatoms. The highest BCUT2D eigenvalue weighted by molar-refractivity contribution is 6.33. The molecule has 1 rings (SSSR count). The standard InChI is InChI=1S/C11H16ClN3O/c1-2-3-4-5-14-11(16)8-6-10(13)15-7-9(8)12/h6-7H,2-5H2,1H3,(H2,13,15)(H,14,16). The molecule has 16 heavy (non-hydrogen) atoms. The molecule has 0 saturated carbocycles. The van der Waals surface area contributed by atoms with E-state index in [1.165, 1.54) is 12.3 Å². The fraction of sp³-hybridized carbons (Fsp3) is 0.455. The molecule has 0 bridgehead atoms. The van der Waals surface area contributed by atoms with E-state index in [9.17, 15) is 4.79 Å². The van der Waals surface area contributed by atoms with E-state index in [0.717, 1.165) is 19.3 Å². The minimum absolute atomic E-state index is 0.199. The van der Waals surface area contributed by atoms with Crippen LogP contribution in [0.4, 0.5) is 5.82 Å². The average Bonchev–Trinajstić information content (AvgIpc) is 2.27. The lowest BCUT2D eigenvalue weighted by Crippen LogP contribution is -2.24. The number of aromatic nitrogens is 1. The highest BCUT2D eigenvalue weighted by atomic mass is 35.5. The summed E-state index contributed by atoms with van der Waals surface area (Å²) in [5.41, 5.74) is 5.87. The summed E-state index contributed by atoms with van der Waals surface area (Å²) in [5.74, 6) is 0.0957. The normalized spacial score (nSPS) is 10.1. The molecule has 0 unspecified atom stereocenters. The van der Waals surface area contributed by atoms with Crippen LogP contribution in [0.2, 0.25) is 5.02 Å². The number of unbranched alkanes of at least 4 members (excludes halogenated alkanes) is 2. The molecule has 0 saturated heterocycles. The van der Waals surface area contributed by atoms with Gasteiger partial charge in [0.1, 0.15) is 5.82 Å². The van der Waals surface area contributed by atoms with Crippen molar-refractivity contribution in [1.82, 2.24) is 10.3 Å². The van der Waals surface area contributed by atoms with Crippen LogP contribution in [-0.4, -0.2) is 17.4 Å². The lowest BCUT2D eigenvalue weighted by Gasteiger charge is -2.06. The van der Waals surface area contributed by atoms with Crippen LogP contribution < -0.4 is 11.1 Å². The van der Waals surface area contributed by atoms with Gasteiger partial charge in [0.2, 0.25) is 0 Å². The third-order valence-corrected chi connectivity index (χ3v) is 2.49. The van der Waals surface area contributed by atoms with E-state index in [1.807, 2.05) is 0 Å². The third kappa shape index (κ3) is 3.70. The fourth-order valence-electron chi connectivity index (χ4n) is 1.30. The molecule has 0 aliphatic rings. The second-order valence-corrected chi connectivity index (χ2v) is 3.96. The summed E-state index contributed by atoms with van der Waals surface area (Å²) in [7, 11) is 0. The van der Waals surface area contributed by atoms with Gasteiger partial charge in [-0.05, 0) is 12.5 Å². The highest BCUT2D eigenvalue weighted by Crippen LogP contribution is 2.16. The van der Waals surface area contributed by atoms with Crippen LogP contribution in [0.3, 0.4) is 0 Å². The van der Waals surface area contributed by atoms with E-state index in [4.69, 9.17) is 17.3 Å². The fourth-order valence-corrected chi connectivity index (χ4v) is 1.49. The Bertz CT molecular complexity index is 368. The number of hydrogen-bond donors (Lipinski definition) is 2. The van der Waals surface area contributed by atoms with Crippen molar-refractivity contribution < 1.29 is 4.79 Å². The van der Waals surface area contributed by atoms with E-state index >= 15 is 0 Å². The molecule has 0 atom stereocenters. The second kappa shape index (κ2) is 6.33. The molecule has 3 N–H and O–H groups in total. The van der Waals surface area contributed by atoms with Crippen molar-refractivity contribution >= 4 is 23.3 Å². The van der Waals surface area contributed by atoms with Crippen molar-refractivity contribution in [3.05, 3.63) is 22.8 Å². The number of amides is 1. The molecule has 0 aromatic carbocycles. The van der Waals surface area contributed by atoms with Crippen molar-refractivity contribution in [1.29, 1.82) is 0 Å². The summed E-state index contributed by atoms with van der Waals surface area (Å²) < 4.78 is 0. The van der Waals surface area contributed by atoms with Gasteiger partial charge >= 0.3 is 0 Å². The van der Waals surface area contributed by atoms with Crippen LogP contribution in [0.25, 0.3) is 0 Å². The van der Waals surface area contributed by atoms with Crippen LogP contribution in [0.5, 0.6) is 0 Å². The molecular formula is C11H16ClN3O. The number of carbonyl (C=O) groups is 1. The van der Waals surface area contributed by atoms with Crippen LogP contribution in [-0.2, 0) is 0 Å². The number of nitrogen functional groups attached to an aromatic ring is 1. The number of halogens is 1. The predicted molar refractivity (Wildman–Crippen MR) is 65.5 cm³/mol. The largest absolute Gasteiger partial charge is 0.384 e. The first kappa shape index (κ1) is 12.8. The molecule has 4 nitrogen and oxygen atoms in total. The molecular weight excluding hydrogens is 226 g/mol. The average molecular weight is 242 g/mol. The van der Waals surface area contributed by atoms with E-state index in [0.29, 0.717) is 22.9 Å². The van der Waals surface area contributed by atoms with Crippen molar-refractivity contribution in [2.24, 2.45) is 0 Å². The van der Waals surface area contributed by atoms with Crippen molar-refractivity contribution in [2.45, 2.75) is 26.2 Å². The van der Waals surface area contributed by atoms with Crippen molar-refractivity contribution in [2.75, 3.05) is 12.3 Å². The van der Waals surface area contributed by atoms with E-state index in [-0.39, 0.29) is 5.91 Å². The van der Waals surface area contributed by atoms with Gasteiger partial charge in [-0.15, -0.1) is 0 Å². The molecule has 1 aromatic heterocycles. The van der Waals surface area contributed by atoms with Crippen molar-refractivity contribution in [3.63, 3.8) is 0 Å². The SMILES string of the molecule is CCCCCNC(=O)c1cc(N)ncc1Cl. The van der Waals surface area contributed by atoms with Gasteiger partial charge in [-0.2, -0.15) is 0 Å². The minimum atomic E-state index is -0.199. The summed E-state index contributed by atoms with van der Waals surface area (Å²) in [5, 5.41) is 3.12. The van der Waals surface area contributed by atoms with Gasteiger partial charge in [0.15, 0.2) is 0 Å². The molecule has 0 aliphatic heterocycles. The van der Waals surface area contributed by atoms with Gasteiger partial charge in [-0.1, -0.05) is 31.4 Å². The maximum atomic E-state index is 11.7. The van der Waals surface area contributed by atoms with Gasteiger partial charge in [0.25, 0.3) is 5.91 Å². The molecule has 0 spiro atoms. The van der Waals surface area contributed by atoms with Crippen molar-refractivity contribution in [3.8, 4) is 0 Å². The molecule has 1 amide bonds. The second-order valence-electron chi connectivity index (χ2n) is 3.55. The highest BCUT2D eigenvalue weighted by Gasteiger charge is 2.10. The lowest BCUT2D eigenvalue weighted by molar-refractivity contribution is 0.0953. The van der Waals surface area contributed by atoms with Gasteiger partial charge in [0, 0.05) is 12.7 Å². The number of rotatable bonds is 5. The monoisotopic (exact) mass is 241 g/mol. The van der Waals surface area contributed by atoms with Crippen LogP contribution >= 0.6 is 11.6 Å². The first-order chi connectivity index (χ1) is 7.65. The third-order valence-electron chi connectivity index (χ3n) is 2.19. The zero-order valence-electron chi connectivity index (χ0n) is 9.29. The molecule has 1 aromatic rings. The topological polar surface area (TPSA) is 68.0 Å². The Morgan fingerprint density at radius 2 is 2.31 bits per heavy atom. The quantitative estimate of drug-likeness (QED) is 0.777. The molecule has 0 radical (unpaired) electrons. The first-order valence-corrected chi connectivity index (χ1v) is 5.72. The number of nitrogens with one attached hydrogen (secondary N) is 1. The summed E-state index contributed by atoms with van der Waals surface area (Å²) in [6.07, 6.45) is 4.59. The van der Waals surface area contributed by atoms with Gasteiger partial charge in [0.05, 0.1) is 10.6 Å². The number of anilines is 1. The Balaban J connectivity index is 2.55. The van der Waals surface area contributed by atoms with E-state index < -0.39 is 0 Å². The number of nitrogens with two attached hydrogens (primary N) is 1.